The van der Waals surface area contributed by atoms with E-state index in [9.17, 15) is 9.18 Å². The summed E-state index contributed by atoms with van der Waals surface area (Å²) in [6.07, 6.45) is 2.83. The highest BCUT2D eigenvalue weighted by Gasteiger charge is 2.29. The minimum Gasteiger partial charge on any atom is -0.444 e. The maximum atomic E-state index is 14.6. The molecule has 0 aliphatic carbocycles. The van der Waals surface area contributed by atoms with E-state index in [1.54, 1.807) is 24.5 Å². The van der Waals surface area contributed by atoms with Crippen LogP contribution in [-0.4, -0.2) is 28.1 Å². The molecular formula is C17H14FN3O2. The second-order valence-corrected chi connectivity index (χ2v) is 5.54. The fraction of sp³-hybridized carbons (Fsp3) is 0.176. The average molecular weight is 311 g/mol. The van der Waals surface area contributed by atoms with Crippen LogP contribution in [0.25, 0.3) is 16.9 Å². The van der Waals surface area contributed by atoms with Gasteiger partial charge in [0.1, 0.15) is 17.6 Å². The lowest BCUT2D eigenvalue weighted by atomic mass is 10.1. The molecule has 2 aromatic heterocycles. The summed E-state index contributed by atoms with van der Waals surface area (Å²) in [6.45, 7) is 2.23. The summed E-state index contributed by atoms with van der Waals surface area (Å²) in [6, 6.07) is 10.3. The molecule has 1 amide bonds. The SMILES string of the molecule is CC1CN(c2ccc(-c3cccc4nccn34)c(F)c2)C(=O)O1. The molecule has 3 heterocycles. The van der Waals surface area contributed by atoms with Crippen molar-refractivity contribution in [3.8, 4) is 11.3 Å². The highest BCUT2D eigenvalue weighted by Crippen LogP contribution is 2.29. The Morgan fingerprint density at radius 1 is 1.30 bits per heavy atom. The number of benzene rings is 1. The van der Waals surface area contributed by atoms with Crippen LogP contribution in [0.15, 0.2) is 48.8 Å². The summed E-state index contributed by atoms with van der Waals surface area (Å²) in [4.78, 5) is 17.4. The second-order valence-electron chi connectivity index (χ2n) is 5.54. The molecule has 1 aliphatic heterocycles. The van der Waals surface area contributed by atoms with Crippen molar-refractivity contribution in [3.05, 3.63) is 54.6 Å². The van der Waals surface area contributed by atoms with Crippen molar-refractivity contribution in [1.82, 2.24) is 9.38 Å². The molecular weight excluding hydrogens is 297 g/mol. The first kappa shape index (κ1) is 13.8. The van der Waals surface area contributed by atoms with E-state index < -0.39 is 11.9 Å². The number of carbonyl (C=O) groups excluding carboxylic acids is 1. The number of imidazole rings is 1. The van der Waals surface area contributed by atoms with Crippen molar-refractivity contribution in [2.24, 2.45) is 0 Å². The lowest BCUT2D eigenvalue weighted by Gasteiger charge is -2.14. The molecule has 0 saturated carbocycles. The first-order chi connectivity index (χ1) is 11.1. The molecule has 1 aromatic carbocycles. The number of nitrogens with zero attached hydrogens (tertiary/aromatic N) is 3. The zero-order chi connectivity index (χ0) is 16.0. The number of hydrogen-bond donors (Lipinski definition) is 0. The summed E-state index contributed by atoms with van der Waals surface area (Å²) in [5, 5.41) is 0. The van der Waals surface area contributed by atoms with Crippen LogP contribution in [0.4, 0.5) is 14.9 Å². The fourth-order valence-corrected chi connectivity index (χ4v) is 2.86. The third-order valence-electron chi connectivity index (χ3n) is 3.93. The van der Waals surface area contributed by atoms with E-state index in [2.05, 4.69) is 4.98 Å². The molecule has 1 fully saturated rings. The Balaban J connectivity index is 1.77. The van der Waals surface area contributed by atoms with Crippen molar-refractivity contribution in [1.29, 1.82) is 0 Å². The number of rotatable bonds is 2. The van der Waals surface area contributed by atoms with E-state index in [1.165, 1.54) is 11.0 Å². The number of halogens is 1. The number of amides is 1. The van der Waals surface area contributed by atoms with Crippen molar-refractivity contribution in [2.45, 2.75) is 13.0 Å². The molecule has 6 heteroatoms. The molecule has 1 unspecified atom stereocenters. The highest BCUT2D eigenvalue weighted by molar-refractivity contribution is 5.90. The van der Waals surface area contributed by atoms with Crippen LogP contribution in [0.2, 0.25) is 0 Å². The molecule has 0 N–H and O–H groups in total. The largest absolute Gasteiger partial charge is 0.444 e. The third kappa shape index (κ3) is 2.23. The van der Waals surface area contributed by atoms with E-state index in [0.717, 1.165) is 5.65 Å². The van der Waals surface area contributed by atoms with E-state index in [1.807, 2.05) is 29.5 Å². The summed E-state index contributed by atoms with van der Waals surface area (Å²) in [5.41, 5.74) is 2.42. The Hall–Kier alpha value is -2.89. The predicted molar refractivity (Wildman–Crippen MR) is 83.9 cm³/mol. The van der Waals surface area contributed by atoms with Crippen LogP contribution in [-0.2, 0) is 4.74 Å². The van der Waals surface area contributed by atoms with Crippen LogP contribution >= 0.6 is 0 Å². The van der Waals surface area contributed by atoms with Crippen molar-refractivity contribution in [3.63, 3.8) is 0 Å². The Morgan fingerprint density at radius 2 is 2.17 bits per heavy atom. The fourth-order valence-electron chi connectivity index (χ4n) is 2.86. The number of hydrogen-bond acceptors (Lipinski definition) is 3. The van der Waals surface area contributed by atoms with Crippen molar-refractivity contribution < 1.29 is 13.9 Å². The van der Waals surface area contributed by atoms with Gasteiger partial charge in [0.2, 0.25) is 0 Å². The number of aromatic nitrogens is 2. The normalized spacial score (nSPS) is 17.7. The molecule has 4 rings (SSSR count). The number of fused-ring (bicyclic) bond motifs is 1. The number of pyridine rings is 1. The summed E-state index contributed by atoms with van der Waals surface area (Å²) in [7, 11) is 0. The maximum Gasteiger partial charge on any atom is 0.414 e. The Bertz CT molecular complexity index is 906. The first-order valence-corrected chi connectivity index (χ1v) is 7.33. The van der Waals surface area contributed by atoms with Crippen LogP contribution in [0.3, 0.4) is 0 Å². The van der Waals surface area contributed by atoms with E-state index >= 15 is 0 Å². The minimum absolute atomic E-state index is 0.190. The lowest BCUT2D eigenvalue weighted by Crippen LogP contribution is -2.24. The van der Waals surface area contributed by atoms with Gasteiger partial charge >= 0.3 is 6.09 Å². The Morgan fingerprint density at radius 3 is 2.91 bits per heavy atom. The van der Waals surface area contributed by atoms with Gasteiger partial charge in [0, 0.05) is 18.0 Å². The van der Waals surface area contributed by atoms with Gasteiger partial charge in [-0.15, -0.1) is 0 Å². The highest BCUT2D eigenvalue weighted by atomic mass is 19.1. The molecule has 1 aliphatic rings. The monoisotopic (exact) mass is 311 g/mol. The molecule has 0 bridgehead atoms. The molecule has 0 spiro atoms. The van der Waals surface area contributed by atoms with Crippen molar-refractivity contribution >= 4 is 17.4 Å². The van der Waals surface area contributed by atoms with Gasteiger partial charge in [0.25, 0.3) is 0 Å². The van der Waals surface area contributed by atoms with Gasteiger partial charge in [0.15, 0.2) is 0 Å². The average Bonchev–Trinajstić information content (AvgIpc) is 3.13. The number of carbonyl (C=O) groups is 1. The van der Waals surface area contributed by atoms with Crippen LogP contribution < -0.4 is 4.90 Å². The summed E-state index contributed by atoms with van der Waals surface area (Å²) < 4.78 is 21.5. The zero-order valence-corrected chi connectivity index (χ0v) is 12.4. The van der Waals surface area contributed by atoms with Gasteiger partial charge in [-0.05, 0) is 37.3 Å². The van der Waals surface area contributed by atoms with Crippen molar-refractivity contribution in [2.75, 3.05) is 11.4 Å². The zero-order valence-electron chi connectivity index (χ0n) is 12.4. The van der Waals surface area contributed by atoms with E-state index in [4.69, 9.17) is 4.74 Å². The lowest BCUT2D eigenvalue weighted by molar-refractivity contribution is 0.150. The van der Waals surface area contributed by atoms with E-state index in [0.29, 0.717) is 23.5 Å². The quantitative estimate of drug-likeness (QED) is 0.728. The maximum absolute atomic E-state index is 14.6. The van der Waals surface area contributed by atoms with Gasteiger partial charge in [-0.25, -0.2) is 14.2 Å². The molecule has 1 saturated heterocycles. The van der Waals surface area contributed by atoms with Crippen LogP contribution in [0.1, 0.15) is 6.92 Å². The molecule has 23 heavy (non-hydrogen) atoms. The second kappa shape index (κ2) is 5.08. The topological polar surface area (TPSA) is 46.8 Å². The minimum atomic E-state index is -0.443. The van der Waals surface area contributed by atoms with Crippen LogP contribution in [0, 0.1) is 5.82 Å². The van der Waals surface area contributed by atoms with Gasteiger partial charge < -0.3 is 4.74 Å². The van der Waals surface area contributed by atoms with E-state index in [-0.39, 0.29) is 6.10 Å². The number of anilines is 1. The summed E-state index contributed by atoms with van der Waals surface area (Å²) in [5.74, 6) is -0.393. The number of cyclic esters (lactones) is 1. The third-order valence-corrected chi connectivity index (χ3v) is 3.93. The van der Waals surface area contributed by atoms with Gasteiger partial charge in [-0.1, -0.05) is 6.07 Å². The molecule has 3 aromatic rings. The smallest absolute Gasteiger partial charge is 0.414 e. The first-order valence-electron chi connectivity index (χ1n) is 7.33. The van der Waals surface area contributed by atoms with Gasteiger partial charge in [0.05, 0.1) is 17.9 Å². The molecule has 0 radical (unpaired) electrons. The number of ether oxygens (including phenoxy) is 1. The Kier molecular flexibility index (Phi) is 3.04. The molecule has 1 atom stereocenters. The molecule has 116 valence electrons. The predicted octanol–water partition coefficient (Wildman–Crippen LogP) is 3.49. The van der Waals surface area contributed by atoms with Gasteiger partial charge in [-0.3, -0.25) is 9.30 Å². The van der Waals surface area contributed by atoms with Crippen LogP contribution in [0.5, 0.6) is 0 Å². The van der Waals surface area contributed by atoms with Gasteiger partial charge in [-0.2, -0.15) is 0 Å². The summed E-state index contributed by atoms with van der Waals surface area (Å²) >= 11 is 0. The standard InChI is InChI=1S/C17H14FN3O2/c1-11-10-21(17(22)23-11)12-5-6-13(14(18)9-12)15-3-2-4-16-19-7-8-20(15)16/h2-9,11H,10H2,1H3. The Labute approximate surface area is 131 Å². The molecule has 5 nitrogen and oxygen atoms in total.